The summed E-state index contributed by atoms with van der Waals surface area (Å²) in [6.07, 6.45) is 2.06. The first kappa shape index (κ1) is 13.8. The Balaban J connectivity index is 2.63. The summed E-state index contributed by atoms with van der Waals surface area (Å²) in [4.78, 5) is 14.5. The maximum absolute atomic E-state index is 11.9. The number of nitrogens with zero attached hydrogens (tertiary/aromatic N) is 3. The van der Waals surface area contributed by atoms with Gasteiger partial charge in [0.05, 0.1) is 7.11 Å². The molecule has 0 aromatic carbocycles. The molecule has 1 rings (SSSR count). The van der Waals surface area contributed by atoms with Crippen molar-refractivity contribution < 1.29 is 14.3 Å². The summed E-state index contributed by atoms with van der Waals surface area (Å²) >= 11 is 0. The molecule has 1 heterocycles. The number of hydrogen-bond donors (Lipinski definition) is 1. The fourth-order valence-electron chi connectivity index (χ4n) is 1.99. The Hall–Kier alpha value is -1.30. The number of methoxy groups -OCH3 is 1. The second kappa shape index (κ2) is 7.11. The standard InChI is InChI=1S/C10H18N4O3/c1-16-9(15)10(12-5-6-13-14-11)3-2-7-17-8-4-10/h12H,2-8H2,1H3. The van der Waals surface area contributed by atoms with E-state index in [2.05, 4.69) is 15.3 Å². The lowest BCUT2D eigenvalue weighted by Gasteiger charge is -2.30. The highest BCUT2D eigenvalue weighted by molar-refractivity contribution is 5.80. The van der Waals surface area contributed by atoms with Gasteiger partial charge in [-0.3, -0.25) is 4.79 Å². The SMILES string of the molecule is COC(=O)C1(NCCN=[N+]=[N-])CCCOCC1. The highest BCUT2D eigenvalue weighted by atomic mass is 16.5. The van der Waals surface area contributed by atoms with Gasteiger partial charge in [0.25, 0.3) is 0 Å². The zero-order valence-electron chi connectivity index (χ0n) is 10.0. The van der Waals surface area contributed by atoms with E-state index in [1.54, 1.807) is 0 Å². The van der Waals surface area contributed by atoms with Gasteiger partial charge in [0.15, 0.2) is 0 Å². The number of rotatable bonds is 5. The lowest BCUT2D eigenvalue weighted by atomic mass is 9.90. The maximum atomic E-state index is 11.9. The van der Waals surface area contributed by atoms with Crippen molar-refractivity contribution in [2.24, 2.45) is 5.11 Å². The summed E-state index contributed by atoms with van der Waals surface area (Å²) in [5.41, 5.74) is 7.49. The van der Waals surface area contributed by atoms with E-state index in [4.69, 9.17) is 15.0 Å². The summed E-state index contributed by atoms with van der Waals surface area (Å²) in [6, 6.07) is 0. The molecule has 0 spiro atoms. The minimum atomic E-state index is -0.698. The molecule has 1 saturated heterocycles. The largest absolute Gasteiger partial charge is 0.468 e. The van der Waals surface area contributed by atoms with Crippen molar-refractivity contribution in [3.63, 3.8) is 0 Å². The first-order valence-electron chi connectivity index (χ1n) is 5.67. The molecular weight excluding hydrogens is 224 g/mol. The molecule has 0 radical (unpaired) electrons. The number of carbonyl (C=O) groups excluding carboxylic acids is 1. The van der Waals surface area contributed by atoms with Crippen LogP contribution < -0.4 is 5.32 Å². The average Bonchev–Trinajstić information content (AvgIpc) is 2.60. The van der Waals surface area contributed by atoms with Crippen molar-refractivity contribution in [1.29, 1.82) is 0 Å². The smallest absolute Gasteiger partial charge is 0.326 e. The Morgan fingerprint density at radius 3 is 3.12 bits per heavy atom. The van der Waals surface area contributed by atoms with Crippen LogP contribution in [0, 0.1) is 0 Å². The van der Waals surface area contributed by atoms with Gasteiger partial charge in [-0.2, -0.15) is 0 Å². The van der Waals surface area contributed by atoms with Gasteiger partial charge in [-0.1, -0.05) is 5.11 Å². The molecule has 0 aromatic rings. The summed E-state index contributed by atoms with van der Waals surface area (Å²) in [7, 11) is 1.38. The molecule has 1 fully saturated rings. The third kappa shape index (κ3) is 3.89. The highest BCUT2D eigenvalue weighted by Gasteiger charge is 2.39. The summed E-state index contributed by atoms with van der Waals surface area (Å²) in [5, 5.41) is 6.57. The van der Waals surface area contributed by atoms with Gasteiger partial charge in [-0.15, -0.1) is 0 Å². The zero-order valence-corrected chi connectivity index (χ0v) is 10.0. The molecular formula is C10H18N4O3. The van der Waals surface area contributed by atoms with Gasteiger partial charge in [-0.05, 0) is 24.8 Å². The third-order valence-electron chi connectivity index (χ3n) is 2.88. The number of ether oxygens (including phenoxy) is 2. The van der Waals surface area contributed by atoms with Crippen molar-refractivity contribution in [2.45, 2.75) is 24.8 Å². The molecule has 1 aliphatic rings. The maximum Gasteiger partial charge on any atom is 0.326 e. The van der Waals surface area contributed by atoms with Crippen molar-refractivity contribution in [3.8, 4) is 0 Å². The molecule has 17 heavy (non-hydrogen) atoms. The number of carbonyl (C=O) groups is 1. The van der Waals surface area contributed by atoms with Crippen LogP contribution in [0.2, 0.25) is 0 Å². The molecule has 96 valence electrons. The van der Waals surface area contributed by atoms with Crippen LogP contribution in [0.5, 0.6) is 0 Å². The molecule has 1 aliphatic heterocycles. The van der Waals surface area contributed by atoms with Crippen LogP contribution in [0.4, 0.5) is 0 Å². The summed E-state index contributed by atoms with van der Waals surface area (Å²) < 4.78 is 10.2. The molecule has 1 unspecified atom stereocenters. The molecule has 0 amide bonds. The fraction of sp³-hybridized carbons (Fsp3) is 0.900. The van der Waals surface area contributed by atoms with E-state index < -0.39 is 5.54 Å². The van der Waals surface area contributed by atoms with Crippen LogP contribution in [0.15, 0.2) is 5.11 Å². The van der Waals surface area contributed by atoms with E-state index in [-0.39, 0.29) is 5.97 Å². The van der Waals surface area contributed by atoms with E-state index in [9.17, 15) is 4.79 Å². The Bertz CT molecular complexity index is 294. The third-order valence-corrected chi connectivity index (χ3v) is 2.88. The molecule has 1 N–H and O–H groups in total. The Labute approximate surface area is 100 Å². The van der Waals surface area contributed by atoms with E-state index >= 15 is 0 Å². The van der Waals surface area contributed by atoms with E-state index in [1.165, 1.54) is 7.11 Å². The van der Waals surface area contributed by atoms with Gasteiger partial charge in [0, 0.05) is 31.2 Å². The van der Waals surface area contributed by atoms with Crippen LogP contribution in [0.1, 0.15) is 19.3 Å². The quantitative estimate of drug-likeness (QED) is 0.256. The number of esters is 1. The van der Waals surface area contributed by atoms with Gasteiger partial charge in [-0.25, -0.2) is 0 Å². The van der Waals surface area contributed by atoms with Gasteiger partial charge < -0.3 is 14.8 Å². The van der Waals surface area contributed by atoms with Gasteiger partial charge >= 0.3 is 5.97 Å². The Morgan fingerprint density at radius 1 is 1.59 bits per heavy atom. The van der Waals surface area contributed by atoms with E-state index in [0.717, 1.165) is 6.42 Å². The average molecular weight is 242 g/mol. The Morgan fingerprint density at radius 2 is 2.41 bits per heavy atom. The fourth-order valence-corrected chi connectivity index (χ4v) is 1.99. The van der Waals surface area contributed by atoms with Crippen molar-refractivity contribution in [1.82, 2.24) is 5.32 Å². The second-order valence-corrected chi connectivity index (χ2v) is 3.92. The lowest BCUT2D eigenvalue weighted by molar-refractivity contribution is -0.149. The number of hydrogen-bond acceptors (Lipinski definition) is 5. The lowest BCUT2D eigenvalue weighted by Crippen LogP contribution is -2.53. The zero-order chi connectivity index (χ0) is 12.6. The van der Waals surface area contributed by atoms with Crippen molar-refractivity contribution in [2.75, 3.05) is 33.4 Å². The van der Waals surface area contributed by atoms with Crippen LogP contribution >= 0.6 is 0 Å². The molecule has 0 bridgehead atoms. The first-order valence-corrected chi connectivity index (χ1v) is 5.67. The number of nitrogens with one attached hydrogen (secondary N) is 1. The van der Waals surface area contributed by atoms with Crippen LogP contribution in [-0.2, 0) is 14.3 Å². The van der Waals surface area contributed by atoms with Gasteiger partial charge in [0.1, 0.15) is 5.54 Å². The summed E-state index contributed by atoms with van der Waals surface area (Å²) in [5.74, 6) is -0.274. The van der Waals surface area contributed by atoms with Crippen LogP contribution in [0.25, 0.3) is 10.4 Å². The second-order valence-electron chi connectivity index (χ2n) is 3.92. The van der Waals surface area contributed by atoms with Crippen molar-refractivity contribution >= 4 is 5.97 Å². The predicted molar refractivity (Wildman–Crippen MR) is 61.4 cm³/mol. The minimum absolute atomic E-state index is 0.274. The number of azide groups is 1. The predicted octanol–water partition coefficient (Wildman–Crippen LogP) is 0.999. The van der Waals surface area contributed by atoms with E-state index in [0.29, 0.717) is 39.1 Å². The topological polar surface area (TPSA) is 96.3 Å². The molecule has 0 aliphatic carbocycles. The first-order chi connectivity index (χ1) is 8.25. The molecule has 0 saturated carbocycles. The monoisotopic (exact) mass is 242 g/mol. The van der Waals surface area contributed by atoms with Gasteiger partial charge in [0.2, 0.25) is 0 Å². The normalized spacial score (nSPS) is 24.5. The Kier molecular flexibility index (Phi) is 5.76. The highest BCUT2D eigenvalue weighted by Crippen LogP contribution is 2.22. The van der Waals surface area contributed by atoms with Crippen LogP contribution in [0.3, 0.4) is 0 Å². The van der Waals surface area contributed by atoms with E-state index in [1.807, 2.05) is 0 Å². The molecule has 7 nitrogen and oxygen atoms in total. The molecule has 0 aromatic heterocycles. The minimum Gasteiger partial charge on any atom is -0.468 e. The summed E-state index contributed by atoms with van der Waals surface area (Å²) in [6.45, 7) is 1.97. The molecule has 7 heteroatoms. The van der Waals surface area contributed by atoms with Crippen LogP contribution in [-0.4, -0.2) is 44.9 Å². The molecule has 1 atom stereocenters. The van der Waals surface area contributed by atoms with Crippen molar-refractivity contribution in [3.05, 3.63) is 10.4 Å².